The van der Waals surface area contributed by atoms with Crippen molar-refractivity contribution in [1.29, 1.82) is 0 Å². The van der Waals surface area contributed by atoms with Crippen molar-refractivity contribution in [3.05, 3.63) is 18.3 Å². The van der Waals surface area contributed by atoms with Crippen molar-refractivity contribution in [3.63, 3.8) is 0 Å². The fourth-order valence-electron chi connectivity index (χ4n) is 1.67. The highest BCUT2D eigenvalue weighted by Gasteiger charge is 2.17. The second-order valence-corrected chi connectivity index (χ2v) is 5.05. The largest absolute Gasteiger partial charge is 0.490 e. The molecule has 0 radical (unpaired) electrons. The Kier molecular flexibility index (Phi) is 4.34. The van der Waals surface area contributed by atoms with Gasteiger partial charge in [0.1, 0.15) is 0 Å². The standard InChI is InChI=1S/C12H18N2OS/c1-2-7-15-11-4-3-6-13-12(11)14-10-5-8-16-9-10/h3-4,6,10H,2,5,7-9H2,1H3,(H,13,14). The molecule has 1 aromatic rings. The third-order valence-corrected chi connectivity index (χ3v) is 3.67. The lowest BCUT2D eigenvalue weighted by Crippen LogP contribution is -2.19. The predicted octanol–water partition coefficient (Wildman–Crippen LogP) is 2.79. The van der Waals surface area contributed by atoms with Crippen molar-refractivity contribution in [3.8, 4) is 5.75 Å². The van der Waals surface area contributed by atoms with Crippen LogP contribution in [0.3, 0.4) is 0 Å². The minimum atomic E-state index is 0.545. The minimum absolute atomic E-state index is 0.545. The van der Waals surface area contributed by atoms with E-state index in [0.717, 1.165) is 24.6 Å². The lowest BCUT2D eigenvalue weighted by atomic mass is 10.2. The highest BCUT2D eigenvalue weighted by atomic mass is 32.2. The first-order chi connectivity index (χ1) is 7.90. The molecule has 16 heavy (non-hydrogen) atoms. The van der Waals surface area contributed by atoms with Gasteiger partial charge in [-0.3, -0.25) is 0 Å². The number of ether oxygens (including phenoxy) is 1. The Bertz CT molecular complexity index is 327. The van der Waals surface area contributed by atoms with Crippen LogP contribution in [0, 0.1) is 0 Å². The second-order valence-electron chi connectivity index (χ2n) is 3.90. The number of nitrogens with one attached hydrogen (secondary N) is 1. The van der Waals surface area contributed by atoms with Crippen molar-refractivity contribution in [2.75, 3.05) is 23.4 Å². The molecule has 1 N–H and O–H groups in total. The summed E-state index contributed by atoms with van der Waals surface area (Å²) in [4.78, 5) is 4.35. The molecule has 1 aliphatic rings. The molecule has 4 heteroatoms. The summed E-state index contributed by atoms with van der Waals surface area (Å²) in [6.45, 7) is 2.86. The number of thioether (sulfide) groups is 1. The quantitative estimate of drug-likeness (QED) is 0.855. The molecule has 1 aromatic heterocycles. The summed E-state index contributed by atoms with van der Waals surface area (Å²) in [6, 6.07) is 4.44. The van der Waals surface area contributed by atoms with E-state index < -0.39 is 0 Å². The minimum Gasteiger partial charge on any atom is -0.490 e. The third kappa shape index (κ3) is 3.04. The summed E-state index contributed by atoms with van der Waals surface area (Å²) in [6.07, 6.45) is 4.05. The zero-order chi connectivity index (χ0) is 11.2. The van der Waals surface area contributed by atoms with E-state index in [0.29, 0.717) is 6.04 Å². The first-order valence-corrected chi connectivity index (χ1v) is 6.97. The van der Waals surface area contributed by atoms with Crippen LogP contribution in [0.2, 0.25) is 0 Å². The molecule has 0 aliphatic carbocycles. The maximum absolute atomic E-state index is 5.66. The predicted molar refractivity (Wildman–Crippen MR) is 69.4 cm³/mol. The fraction of sp³-hybridized carbons (Fsp3) is 0.583. The van der Waals surface area contributed by atoms with Gasteiger partial charge < -0.3 is 10.1 Å². The molecule has 2 heterocycles. The van der Waals surface area contributed by atoms with E-state index in [2.05, 4.69) is 17.2 Å². The van der Waals surface area contributed by atoms with E-state index in [1.54, 1.807) is 0 Å². The lowest BCUT2D eigenvalue weighted by molar-refractivity contribution is 0.317. The lowest BCUT2D eigenvalue weighted by Gasteiger charge is -2.15. The SMILES string of the molecule is CCCOc1cccnc1NC1CCSC1. The molecule has 2 rings (SSSR count). The van der Waals surface area contributed by atoms with Gasteiger partial charge in [-0.25, -0.2) is 4.98 Å². The molecule has 1 atom stereocenters. The molecule has 0 aromatic carbocycles. The number of anilines is 1. The van der Waals surface area contributed by atoms with Gasteiger partial charge in [-0.2, -0.15) is 11.8 Å². The van der Waals surface area contributed by atoms with Gasteiger partial charge in [0, 0.05) is 18.0 Å². The summed E-state index contributed by atoms with van der Waals surface area (Å²) in [5.41, 5.74) is 0. The molecule has 1 fully saturated rings. The topological polar surface area (TPSA) is 34.1 Å². The van der Waals surface area contributed by atoms with Crippen LogP contribution in [0.1, 0.15) is 19.8 Å². The third-order valence-electron chi connectivity index (χ3n) is 2.50. The van der Waals surface area contributed by atoms with Gasteiger partial charge in [0.25, 0.3) is 0 Å². The van der Waals surface area contributed by atoms with Crippen molar-refractivity contribution < 1.29 is 4.74 Å². The van der Waals surface area contributed by atoms with E-state index in [1.165, 1.54) is 17.9 Å². The number of hydrogen-bond acceptors (Lipinski definition) is 4. The number of nitrogens with zero attached hydrogens (tertiary/aromatic N) is 1. The van der Waals surface area contributed by atoms with Crippen LogP contribution >= 0.6 is 11.8 Å². The Balaban J connectivity index is 2.00. The van der Waals surface area contributed by atoms with Crippen molar-refractivity contribution in [2.24, 2.45) is 0 Å². The molecule has 1 saturated heterocycles. The number of hydrogen-bond donors (Lipinski definition) is 1. The Morgan fingerprint density at radius 3 is 3.31 bits per heavy atom. The van der Waals surface area contributed by atoms with Gasteiger partial charge in [-0.1, -0.05) is 6.92 Å². The molecule has 3 nitrogen and oxygen atoms in total. The Morgan fingerprint density at radius 2 is 2.56 bits per heavy atom. The Labute approximate surface area is 101 Å². The van der Waals surface area contributed by atoms with Crippen molar-refractivity contribution >= 4 is 17.6 Å². The van der Waals surface area contributed by atoms with Crippen LogP contribution < -0.4 is 10.1 Å². The average Bonchev–Trinajstić information content (AvgIpc) is 2.81. The van der Waals surface area contributed by atoms with Gasteiger partial charge >= 0.3 is 0 Å². The smallest absolute Gasteiger partial charge is 0.168 e. The van der Waals surface area contributed by atoms with E-state index in [1.807, 2.05) is 30.1 Å². The molecule has 0 bridgehead atoms. The molecule has 0 amide bonds. The molecular weight excluding hydrogens is 220 g/mol. The molecule has 1 aliphatic heterocycles. The van der Waals surface area contributed by atoms with Gasteiger partial charge in [-0.05, 0) is 30.7 Å². The Morgan fingerprint density at radius 1 is 1.62 bits per heavy atom. The summed E-state index contributed by atoms with van der Waals surface area (Å²) < 4.78 is 5.66. The zero-order valence-corrected chi connectivity index (χ0v) is 10.4. The summed E-state index contributed by atoms with van der Waals surface area (Å²) in [7, 11) is 0. The maximum atomic E-state index is 5.66. The van der Waals surface area contributed by atoms with E-state index >= 15 is 0 Å². The monoisotopic (exact) mass is 238 g/mol. The molecule has 0 saturated carbocycles. The summed E-state index contributed by atoms with van der Waals surface area (Å²) >= 11 is 1.99. The van der Waals surface area contributed by atoms with Crippen LogP contribution in [-0.2, 0) is 0 Å². The van der Waals surface area contributed by atoms with E-state index in [9.17, 15) is 0 Å². The highest BCUT2D eigenvalue weighted by molar-refractivity contribution is 7.99. The first kappa shape index (κ1) is 11.6. The van der Waals surface area contributed by atoms with Crippen molar-refractivity contribution in [2.45, 2.75) is 25.8 Å². The van der Waals surface area contributed by atoms with Gasteiger partial charge in [0.2, 0.25) is 0 Å². The van der Waals surface area contributed by atoms with Gasteiger partial charge in [0.15, 0.2) is 11.6 Å². The summed E-state index contributed by atoms with van der Waals surface area (Å²) in [5, 5.41) is 3.46. The van der Waals surface area contributed by atoms with E-state index in [-0.39, 0.29) is 0 Å². The maximum Gasteiger partial charge on any atom is 0.168 e. The second kappa shape index (κ2) is 5.99. The molecule has 88 valence electrons. The van der Waals surface area contributed by atoms with E-state index in [4.69, 9.17) is 4.74 Å². The van der Waals surface area contributed by atoms with Crippen LogP contribution in [-0.4, -0.2) is 29.1 Å². The normalized spacial score (nSPS) is 19.7. The van der Waals surface area contributed by atoms with Gasteiger partial charge in [-0.15, -0.1) is 0 Å². The van der Waals surface area contributed by atoms with Crippen LogP contribution in [0.15, 0.2) is 18.3 Å². The highest BCUT2D eigenvalue weighted by Crippen LogP contribution is 2.26. The number of rotatable bonds is 5. The first-order valence-electron chi connectivity index (χ1n) is 5.82. The molecule has 1 unspecified atom stereocenters. The fourth-order valence-corrected chi connectivity index (χ4v) is 2.82. The molecular formula is C12H18N2OS. The summed E-state index contributed by atoms with van der Waals surface area (Å²) in [5.74, 6) is 4.18. The zero-order valence-electron chi connectivity index (χ0n) is 9.61. The van der Waals surface area contributed by atoms with Crippen LogP contribution in [0.5, 0.6) is 5.75 Å². The average molecular weight is 238 g/mol. The van der Waals surface area contributed by atoms with Crippen LogP contribution in [0.4, 0.5) is 5.82 Å². The number of pyridine rings is 1. The number of aromatic nitrogens is 1. The van der Waals surface area contributed by atoms with Crippen LogP contribution in [0.25, 0.3) is 0 Å². The molecule has 0 spiro atoms. The Hall–Kier alpha value is -0.900. The van der Waals surface area contributed by atoms with Crippen molar-refractivity contribution in [1.82, 2.24) is 4.98 Å². The van der Waals surface area contributed by atoms with Gasteiger partial charge in [0.05, 0.1) is 6.61 Å².